The fourth-order valence-corrected chi connectivity index (χ4v) is 2.98. The van der Waals surface area contributed by atoms with Gasteiger partial charge in [0.05, 0.1) is 16.4 Å². The number of hydrogen-bond donors (Lipinski definition) is 0. The number of hydrogen-bond acceptors (Lipinski definition) is 4. The fourth-order valence-electron chi connectivity index (χ4n) is 2.13. The van der Waals surface area contributed by atoms with E-state index in [0.29, 0.717) is 23.7 Å². The molecule has 6 heteroatoms. The first kappa shape index (κ1) is 14.3. The molecule has 0 N–H and O–H groups in total. The minimum atomic E-state index is 0.0707. The molecule has 1 unspecified atom stereocenters. The highest BCUT2D eigenvalue weighted by atomic mass is 35.5. The summed E-state index contributed by atoms with van der Waals surface area (Å²) < 4.78 is 0. The van der Waals surface area contributed by atoms with Gasteiger partial charge < -0.3 is 4.90 Å². The van der Waals surface area contributed by atoms with E-state index in [0.717, 1.165) is 11.4 Å². The molecule has 0 spiro atoms. The predicted molar refractivity (Wildman–Crippen MR) is 77.6 cm³/mol. The van der Waals surface area contributed by atoms with Crippen molar-refractivity contribution >= 4 is 40.1 Å². The normalized spacial score (nSPS) is 19.0. The number of aryl methyl sites for hydroxylation is 1. The summed E-state index contributed by atoms with van der Waals surface area (Å²) >= 11 is 7.21. The summed E-state index contributed by atoms with van der Waals surface area (Å²) in [6.07, 6.45) is 2.05. The van der Waals surface area contributed by atoms with Crippen LogP contribution in [0.3, 0.4) is 0 Å². The highest BCUT2D eigenvalue weighted by Crippen LogP contribution is 2.30. The minimum absolute atomic E-state index is 0.0707. The van der Waals surface area contributed by atoms with Crippen LogP contribution in [-0.4, -0.2) is 28.3 Å². The number of thioether (sulfide) groups is 1. The summed E-state index contributed by atoms with van der Waals surface area (Å²) in [6, 6.07) is 1.77. The number of amides is 1. The van der Waals surface area contributed by atoms with Crippen LogP contribution in [0.4, 0.5) is 5.69 Å². The molecule has 2 rings (SSSR count). The number of nitrogens with zero attached hydrogens (tertiary/aromatic N) is 2. The van der Waals surface area contributed by atoms with Crippen molar-refractivity contribution in [1.29, 1.82) is 0 Å². The Balaban J connectivity index is 2.11. The maximum atomic E-state index is 12.1. The van der Waals surface area contributed by atoms with E-state index in [-0.39, 0.29) is 16.9 Å². The Kier molecular flexibility index (Phi) is 4.47. The lowest BCUT2D eigenvalue weighted by atomic mass is 10.1. The SMILES string of the molecule is CC(=O)SCC1CC(=O)N(c2cc(Cl)cnc2C)C1. The second kappa shape index (κ2) is 5.92. The zero-order valence-electron chi connectivity index (χ0n) is 10.9. The maximum Gasteiger partial charge on any atom is 0.227 e. The molecule has 1 aromatic rings. The first-order valence-electron chi connectivity index (χ1n) is 6.03. The third kappa shape index (κ3) is 3.48. The van der Waals surface area contributed by atoms with Crippen LogP contribution < -0.4 is 4.90 Å². The van der Waals surface area contributed by atoms with Gasteiger partial charge in [-0.3, -0.25) is 14.6 Å². The number of carbonyl (C=O) groups is 2. The Hall–Kier alpha value is -1.07. The molecule has 2 heterocycles. The molecule has 1 fully saturated rings. The Morgan fingerprint density at radius 3 is 3.05 bits per heavy atom. The molecule has 1 amide bonds. The Bertz CT molecular complexity index is 521. The zero-order valence-corrected chi connectivity index (χ0v) is 12.4. The number of anilines is 1. The van der Waals surface area contributed by atoms with E-state index < -0.39 is 0 Å². The first-order chi connectivity index (χ1) is 8.97. The van der Waals surface area contributed by atoms with Crippen molar-refractivity contribution < 1.29 is 9.59 Å². The van der Waals surface area contributed by atoms with Crippen LogP contribution in [0.15, 0.2) is 12.3 Å². The standard InChI is InChI=1S/C13H15ClN2O2S/c1-8-12(4-11(14)5-15-8)16-6-10(3-13(16)18)7-19-9(2)17/h4-5,10H,3,6-7H2,1-2H3. The lowest BCUT2D eigenvalue weighted by molar-refractivity contribution is -0.117. The summed E-state index contributed by atoms with van der Waals surface area (Å²) in [4.78, 5) is 28.9. The smallest absolute Gasteiger partial charge is 0.227 e. The lowest BCUT2D eigenvalue weighted by Gasteiger charge is -2.18. The van der Waals surface area contributed by atoms with Crippen LogP contribution in [-0.2, 0) is 9.59 Å². The van der Waals surface area contributed by atoms with Gasteiger partial charge in [-0.2, -0.15) is 0 Å². The van der Waals surface area contributed by atoms with Crippen LogP contribution in [0.5, 0.6) is 0 Å². The van der Waals surface area contributed by atoms with Crippen LogP contribution in [0.1, 0.15) is 19.0 Å². The summed E-state index contributed by atoms with van der Waals surface area (Å²) in [5.41, 5.74) is 1.56. The number of pyridine rings is 1. The van der Waals surface area contributed by atoms with Gasteiger partial charge in [-0.05, 0) is 18.9 Å². The lowest BCUT2D eigenvalue weighted by Crippen LogP contribution is -2.25. The molecule has 1 atom stereocenters. The molecule has 1 saturated heterocycles. The molecule has 1 aliphatic heterocycles. The third-order valence-electron chi connectivity index (χ3n) is 3.05. The van der Waals surface area contributed by atoms with Gasteiger partial charge >= 0.3 is 0 Å². The highest BCUT2D eigenvalue weighted by molar-refractivity contribution is 8.13. The van der Waals surface area contributed by atoms with Crippen LogP contribution in [0, 0.1) is 12.8 Å². The maximum absolute atomic E-state index is 12.1. The monoisotopic (exact) mass is 298 g/mol. The van der Waals surface area contributed by atoms with Gasteiger partial charge in [-0.15, -0.1) is 0 Å². The number of carbonyl (C=O) groups excluding carboxylic acids is 2. The Morgan fingerprint density at radius 2 is 2.37 bits per heavy atom. The first-order valence-corrected chi connectivity index (χ1v) is 7.39. The third-order valence-corrected chi connectivity index (χ3v) is 4.30. The van der Waals surface area contributed by atoms with E-state index in [1.807, 2.05) is 6.92 Å². The van der Waals surface area contributed by atoms with E-state index in [1.165, 1.54) is 11.8 Å². The zero-order chi connectivity index (χ0) is 14.0. The molecular weight excluding hydrogens is 284 g/mol. The molecule has 0 aliphatic carbocycles. The minimum Gasteiger partial charge on any atom is -0.310 e. The van der Waals surface area contributed by atoms with Gasteiger partial charge in [0.25, 0.3) is 0 Å². The van der Waals surface area contributed by atoms with Crippen LogP contribution >= 0.6 is 23.4 Å². The topological polar surface area (TPSA) is 50.3 Å². The quantitative estimate of drug-likeness (QED) is 0.861. The average molecular weight is 299 g/mol. The van der Waals surface area contributed by atoms with Crippen molar-refractivity contribution in [2.24, 2.45) is 5.92 Å². The Labute approximate surface area is 121 Å². The van der Waals surface area contributed by atoms with Crippen molar-refractivity contribution in [2.75, 3.05) is 17.2 Å². The number of halogens is 1. The van der Waals surface area contributed by atoms with E-state index >= 15 is 0 Å². The summed E-state index contributed by atoms with van der Waals surface area (Å²) in [5, 5.41) is 0.612. The predicted octanol–water partition coefficient (Wildman–Crippen LogP) is 2.68. The molecule has 0 aromatic carbocycles. The Morgan fingerprint density at radius 1 is 1.63 bits per heavy atom. The van der Waals surface area contributed by atoms with E-state index in [4.69, 9.17) is 11.6 Å². The summed E-state index contributed by atoms with van der Waals surface area (Å²) in [6.45, 7) is 4.03. The molecule has 0 saturated carbocycles. The number of aromatic nitrogens is 1. The van der Waals surface area contributed by atoms with Crippen molar-refractivity contribution in [1.82, 2.24) is 4.98 Å². The van der Waals surface area contributed by atoms with Crippen molar-refractivity contribution in [3.63, 3.8) is 0 Å². The van der Waals surface area contributed by atoms with Gasteiger partial charge in [0.2, 0.25) is 5.91 Å². The molecular formula is C13H15ClN2O2S. The summed E-state index contributed by atoms with van der Waals surface area (Å²) in [5.74, 6) is 0.964. The van der Waals surface area contributed by atoms with Crippen LogP contribution in [0.25, 0.3) is 0 Å². The van der Waals surface area contributed by atoms with Gasteiger partial charge in [0, 0.05) is 31.8 Å². The molecule has 0 bridgehead atoms. The van der Waals surface area contributed by atoms with E-state index in [2.05, 4.69) is 4.98 Å². The second-order valence-electron chi connectivity index (χ2n) is 4.64. The molecule has 0 radical (unpaired) electrons. The largest absolute Gasteiger partial charge is 0.310 e. The number of rotatable bonds is 3. The average Bonchev–Trinajstić information content (AvgIpc) is 2.71. The van der Waals surface area contributed by atoms with Gasteiger partial charge in [-0.1, -0.05) is 23.4 Å². The van der Waals surface area contributed by atoms with Gasteiger partial charge in [-0.25, -0.2) is 0 Å². The van der Waals surface area contributed by atoms with Crippen molar-refractivity contribution in [3.8, 4) is 0 Å². The molecule has 1 aromatic heterocycles. The van der Waals surface area contributed by atoms with E-state index in [1.54, 1.807) is 24.1 Å². The highest BCUT2D eigenvalue weighted by Gasteiger charge is 2.31. The molecule has 19 heavy (non-hydrogen) atoms. The fraction of sp³-hybridized carbons (Fsp3) is 0.462. The van der Waals surface area contributed by atoms with Crippen molar-refractivity contribution in [2.45, 2.75) is 20.3 Å². The molecule has 102 valence electrons. The van der Waals surface area contributed by atoms with Gasteiger partial charge in [0.1, 0.15) is 0 Å². The second-order valence-corrected chi connectivity index (χ2v) is 6.27. The van der Waals surface area contributed by atoms with Crippen LogP contribution in [0.2, 0.25) is 5.02 Å². The van der Waals surface area contributed by atoms with E-state index in [9.17, 15) is 9.59 Å². The van der Waals surface area contributed by atoms with Gasteiger partial charge in [0.15, 0.2) is 5.12 Å². The molecule has 4 nitrogen and oxygen atoms in total. The van der Waals surface area contributed by atoms with Crippen molar-refractivity contribution in [3.05, 3.63) is 23.0 Å². The summed E-state index contributed by atoms with van der Waals surface area (Å²) in [7, 11) is 0. The molecule has 1 aliphatic rings.